The monoisotopic (exact) mass is 258 g/mol. The van der Waals surface area contributed by atoms with Crippen LogP contribution < -0.4 is 4.74 Å². The molecule has 98 valence electrons. The topological polar surface area (TPSA) is 72.3 Å². The van der Waals surface area contributed by atoms with Gasteiger partial charge in [0.05, 0.1) is 19.2 Å². The van der Waals surface area contributed by atoms with Crippen molar-refractivity contribution in [2.24, 2.45) is 0 Å². The predicted molar refractivity (Wildman–Crippen MR) is 69.1 cm³/mol. The van der Waals surface area contributed by atoms with Crippen LogP contribution in [0.4, 0.5) is 0 Å². The van der Waals surface area contributed by atoms with Crippen molar-refractivity contribution < 1.29 is 14.6 Å². The van der Waals surface area contributed by atoms with Crippen LogP contribution in [0.3, 0.4) is 0 Å². The van der Waals surface area contributed by atoms with E-state index in [4.69, 9.17) is 9.84 Å². The first kappa shape index (κ1) is 13.0. The second-order valence-corrected chi connectivity index (χ2v) is 4.06. The van der Waals surface area contributed by atoms with Crippen LogP contribution in [0.2, 0.25) is 0 Å². The summed E-state index contributed by atoms with van der Waals surface area (Å²) in [6.45, 7) is 0. The van der Waals surface area contributed by atoms with E-state index in [1.807, 2.05) is 24.3 Å². The fourth-order valence-electron chi connectivity index (χ4n) is 1.92. The zero-order valence-electron chi connectivity index (χ0n) is 10.5. The second kappa shape index (κ2) is 5.95. The average Bonchev–Trinajstić information content (AvgIpc) is 2.45. The molecule has 0 aliphatic rings. The van der Waals surface area contributed by atoms with E-state index in [1.165, 1.54) is 0 Å². The van der Waals surface area contributed by atoms with E-state index in [1.54, 1.807) is 25.7 Å². The summed E-state index contributed by atoms with van der Waals surface area (Å²) in [6, 6.07) is 7.34. The molecule has 0 radical (unpaired) electrons. The van der Waals surface area contributed by atoms with Gasteiger partial charge in [0.15, 0.2) is 0 Å². The Labute approximate surface area is 110 Å². The molecule has 1 N–H and O–H groups in total. The molecule has 0 aliphatic carbocycles. The number of benzene rings is 1. The first-order valence-corrected chi connectivity index (χ1v) is 5.82. The van der Waals surface area contributed by atoms with Gasteiger partial charge in [-0.3, -0.25) is 14.8 Å². The first-order chi connectivity index (χ1) is 9.20. The lowest BCUT2D eigenvalue weighted by Crippen LogP contribution is -2.10. The van der Waals surface area contributed by atoms with Gasteiger partial charge in [-0.1, -0.05) is 12.1 Å². The van der Waals surface area contributed by atoms with Gasteiger partial charge in [0.25, 0.3) is 0 Å². The van der Waals surface area contributed by atoms with Crippen LogP contribution in [-0.4, -0.2) is 28.2 Å². The van der Waals surface area contributed by atoms with E-state index < -0.39 is 5.97 Å². The number of carboxylic acids is 1. The van der Waals surface area contributed by atoms with Gasteiger partial charge in [-0.15, -0.1) is 0 Å². The fourth-order valence-corrected chi connectivity index (χ4v) is 1.92. The fraction of sp³-hybridized carbons (Fsp3) is 0.214. The summed E-state index contributed by atoms with van der Waals surface area (Å²) >= 11 is 0. The Morgan fingerprint density at radius 2 is 2.26 bits per heavy atom. The highest BCUT2D eigenvalue weighted by Crippen LogP contribution is 2.28. The third-order valence-corrected chi connectivity index (χ3v) is 2.82. The van der Waals surface area contributed by atoms with Crippen molar-refractivity contribution in [3.8, 4) is 5.75 Å². The number of rotatable bonds is 5. The minimum absolute atomic E-state index is 0.0359. The molecule has 19 heavy (non-hydrogen) atoms. The number of aromatic nitrogens is 2. The van der Waals surface area contributed by atoms with Crippen LogP contribution in [0.25, 0.3) is 0 Å². The quantitative estimate of drug-likeness (QED) is 0.889. The van der Waals surface area contributed by atoms with Gasteiger partial charge < -0.3 is 9.84 Å². The maximum atomic E-state index is 11.0. The van der Waals surface area contributed by atoms with Crippen molar-refractivity contribution in [2.75, 3.05) is 7.11 Å². The van der Waals surface area contributed by atoms with E-state index in [0.717, 1.165) is 5.56 Å². The van der Waals surface area contributed by atoms with Gasteiger partial charge in [0.2, 0.25) is 0 Å². The SMILES string of the molecule is COc1cccc(C(CC(=O)O)c2cnccn2)c1. The molecule has 0 bridgehead atoms. The minimum atomic E-state index is -0.876. The molecule has 1 unspecified atom stereocenters. The Morgan fingerprint density at radius 1 is 1.42 bits per heavy atom. The van der Waals surface area contributed by atoms with Gasteiger partial charge in [-0.05, 0) is 17.7 Å². The lowest BCUT2D eigenvalue weighted by Gasteiger charge is -2.15. The van der Waals surface area contributed by atoms with Crippen LogP contribution >= 0.6 is 0 Å². The van der Waals surface area contributed by atoms with Gasteiger partial charge in [-0.2, -0.15) is 0 Å². The van der Waals surface area contributed by atoms with Crippen molar-refractivity contribution >= 4 is 5.97 Å². The maximum Gasteiger partial charge on any atom is 0.304 e. The number of ether oxygens (including phenoxy) is 1. The molecule has 2 aromatic rings. The van der Waals surface area contributed by atoms with Crippen LogP contribution in [-0.2, 0) is 4.79 Å². The smallest absolute Gasteiger partial charge is 0.304 e. The van der Waals surface area contributed by atoms with Crippen molar-refractivity contribution in [3.05, 3.63) is 54.1 Å². The molecule has 0 spiro atoms. The molecule has 1 aromatic carbocycles. The largest absolute Gasteiger partial charge is 0.497 e. The third-order valence-electron chi connectivity index (χ3n) is 2.82. The van der Waals surface area contributed by atoms with Crippen molar-refractivity contribution in [1.82, 2.24) is 9.97 Å². The molecule has 0 saturated heterocycles. The standard InChI is InChI=1S/C14H14N2O3/c1-19-11-4-2-3-10(7-11)12(8-14(17)18)13-9-15-5-6-16-13/h2-7,9,12H,8H2,1H3,(H,17,18). The predicted octanol–water partition coefficient (Wildman–Crippen LogP) is 2.09. The summed E-state index contributed by atoms with van der Waals surface area (Å²) < 4.78 is 5.16. The highest BCUT2D eigenvalue weighted by atomic mass is 16.5. The van der Waals surface area contributed by atoms with Crippen molar-refractivity contribution in [3.63, 3.8) is 0 Å². The lowest BCUT2D eigenvalue weighted by molar-refractivity contribution is -0.137. The zero-order valence-corrected chi connectivity index (χ0v) is 10.5. The first-order valence-electron chi connectivity index (χ1n) is 5.82. The van der Waals surface area contributed by atoms with E-state index in [9.17, 15) is 4.79 Å². The van der Waals surface area contributed by atoms with E-state index in [-0.39, 0.29) is 12.3 Å². The third kappa shape index (κ3) is 3.28. The van der Waals surface area contributed by atoms with E-state index >= 15 is 0 Å². The number of aliphatic carboxylic acids is 1. The molecule has 5 heteroatoms. The Morgan fingerprint density at radius 3 is 2.89 bits per heavy atom. The molecule has 0 saturated carbocycles. The molecule has 1 atom stereocenters. The number of hydrogen-bond donors (Lipinski definition) is 1. The summed E-state index contributed by atoms with van der Waals surface area (Å²) in [4.78, 5) is 19.2. The number of carbonyl (C=O) groups is 1. The molecule has 0 amide bonds. The molecule has 2 rings (SSSR count). The summed E-state index contributed by atoms with van der Waals surface area (Å²) in [5, 5.41) is 9.05. The highest BCUT2D eigenvalue weighted by Gasteiger charge is 2.19. The normalized spacial score (nSPS) is 11.8. The Kier molecular flexibility index (Phi) is 4.07. The zero-order chi connectivity index (χ0) is 13.7. The summed E-state index contributed by atoms with van der Waals surface area (Å²) in [7, 11) is 1.58. The van der Waals surface area contributed by atoms with Gasteiger partial charge in [0.1, 0.15) is 5.75 Å². The van der Waals surface area contributed by atoms with Crippen molar-refractivity contribution in [2.45, 2.75) is 12.3 Å². The number of hydrogen-bond acceptors (Lipinski definition) is 4. The molecule has 5 nitrogen and oxygen atoms in total. The van der Waals surface area contributed by atoms with E-state index in [2.05, 4.69) is 9.97 Å². The van der Waals surface area contributed by atoms with Gasteiger partial charge in [0, 0.05) is 24.5 Å². The maximum absolute atomic E-state index is 11.0. The van der Waals surface area contributed by atoms with Gasteiger partial charge in [-0.25, -0.2) is 0 Å². The van der Waals surface area contributed by atoms with Crippen LogP contribution in [0, 0.1) is 0 Å². The van der Waals surface area contributed by atoms with Gasteiger partial charge >= 0.3 is 5.97 Å². The van der Waals surface area contributed by atoms with E-state index in [0.29, 0.717) is 11.4 Å². The molecular formula is C14H14N2O3. The number of nitrogens with zero attached hydrogens (tertiary/aromatic N) is 2. The molecule has 0 aliphatic heterocycles. The number of methoxy groups -OCH3 is 1. The Balaban J connectivity index is 2.39. The Hall–Kier alpha value is -2.43. The summed E-state index contributed by atoms with van der Waals surface area (Å²) in [5.41, 5.74) is 1.49. The molecule has 0 fully saturated rings. The Bertz CT molecular complexity index is 558. The van der Waals surface area contributed by atoms with Crippen molar-refractivity contribution in [1.29, 1.82) is 0 Å². The second-order valence-electron chi connectivity index (χ2n) is 4.06. The summed E-state index contributed by atoms with van der Waals surface area (Å²) in [6.07, 6.45) is 4.68. The molecule has 1 aromatic heterocycles. The van der Waals surface area contributed by atoms with Crippen LogP contribution in [0.1, 0.15) is 23.6 Å². The van der Waals surface area contributed by atoms with Crippen LogP contribution in [0.5, 0.6) is 5.75 Å². The summed E-state index contributed by atoms with van der Waals surface area (Å²) in [5.74, 6) is -0.517. The highest BCUT2D eigenvalue weighted by molar-refractivity contribution is 5.68. The average molecular weight is 258 g/mol. The molecular weight excluding hydrogens is 244 g/mol. The lowest BCUT2D eigenvalue weighted by atomic mass is 9.92. The van der Waals surface area contributed by atoms with Crippen LogP contribution in [0.15, 0.2) is 42.9 Å². The molecule has 1 heterocycles. The minimum Gasteiger partial charge on any atom is -0.497 e. The number of carboxylic acid groups (broad SMARTS) is 1.